The minimum Gasteiger partial charge on any atom is -0.489 e. The first-order valence-corrected chi connectivity index (χ1v) is 12.2. The van der Waals surface area contributed by atoms with Crippen LogP contribution in [-0.2, 0) is 17.5 Å². The molecule has 3 unspecified atom stereocenters. The van der Waals surface area contributed by atoms with Crippen LogP contribution in [-0.4, -0.2) is 42.2 Å². The molecule has 224 valence electrons. The van der Waals surface area contributed by atoms with E-state index in [1.54, 1.807) is 0 Å². The average Bonchev–Trinajstić information content (AvgIpc) is 2.85. The van der Waals surface area contributed by atoms with Gasteiger partial charge in [-0.3, -0.25) is 0 Å². The zero-order valence-electron chi connectivity index (χ0n) is 21.1. The molecule has 40 heavy (non-hydrogen) atoms. The fourth-order valence-electron chi connectivity index (χ4n) is 4.48. The molecule has 14 heteroatoms. The van der Waals surface area contributed by atoms with Gasteiger partial charge < -0.3 is 19.5 Å². The van der Waals surface area contributed by atoms with Crippen LogP contribution in [0.4, 0.5) is 49.6 Å². The number of ether oxygens (including phenoxy) is 2. The van der Waals surface area contributed by atoms with E-state index in [9.17, 15) is 49.0 Å². The van der Waals surface area contributed by atoms with Gasteiger partial charge in [0.2, 0.25) is 5.72 Å². The molecule has 0 amide bonds. The van der Waals surface area contributed by atoms with E-state index in [4.69, 9.17) is 4.74 Å². The molecule has 0 aliphatic heterocycles. The monoisotopic (exact) mass is 591 g/mol. The predicted octanol–water partition coefficient (Wildman–Crippen LogP) is 7.79. The number of nitrogens with zero attached hydrogens (tertiary/aromatic N) is 1. The molecule has 2 aromatic carbocycles. The van der Waals surface area contributed by atoms with Gasteiger partial charge in [-0.05, 0) is 61.9 Å². The van der Waals surface area contributed by atoms with Crippen molar-refractivity contribution < 1.29 is 58.5 Å². The SMILES string of the molecule is CC(O)(N(CC1CCCC(OC(F)(F)C(F)F)C1)c1cccc(OCc2cccc(C(F)(F)F)c2)c1)C(F)(F)F. The second kappa shape index (κ2) is 12.0. The maximum Gasteiger partial charge on any atom is 0.436 e. The topological polar surface area (TPSA) is 41.9 Å². The van der Waals surface area contributed by atoms with Gasteiger partial charge in [0, 0.05) is 18.3 Å². The lowest BCUT2D eigenvalue weighted by Gasteiger charge is -2.43. The van der Waals surface area contributed by atoms with E-state index in [1.807, 2.05) is 0 Å². The summed E-state index contributed by atoms with van der Waals surface area (Å²) in [4.78, 5) is 0.600. The molecule has 0 saturated heterocycles. The first kappa shape index (κ1) is 31.8. The fourth-order valence-corrected chi connectivity index (χ4v) is 4.48. The Morgan fingerprint density at radius 1 is 0.950 bits per heavy atom. The van der Waals surface area contributed by atoms with Crippen LogP contribution in [0, 0.1) is 5.92 Å². The summed E-state index contributed by atoms with van der Waals surface area (Å²) in [6.45, 7) is -0.336. The lowest BCUT2D eigenvalue weighted by atomic mass is 9.86. The Hall–Kier alpha value is -2.74. The standard InChI is InChI=1S/C26H27F10NO3/c1-23(38,26(34,35)36)37(14-16-5-3-10-21(12-16)40-25(32,33)22(27)28)19-8-4-9-20(13-19)39-15-17-6-2-7-18(11-17)24(29,30)31/h2,4,6-9,11,13,16,21-22,38H,3,5,10,12,14-15H2,1H3. The highest BCUT2D eigenvalue weighted by Gasteiger charge is 2.55. The van der Waals surface area contributed by atoms with Crippen molar-refractivity contribution in [2.75, 3.05) is 11.4 Å². The average molecular weight is 591 g/mol. The lowest BCUT2D eigenvalue weighted by Crippen LogP contribution is -2.58. The summed E-state index contributed by atoms with van der Waals surface area (Å²) in [7, 11) is 0. The Balaban J connectivity index is 1.81. The highest BCUT2D eigenvalue weighted by Crippen LogP contribution is 2.40. The number of anilines is 1. The van der Waals surface area contributed by atoms with E-state index in [1.165, 1.54) is 30.3 Å². The van der Waals surface area contributed by atoms with Crippen LogP contribution < -0.4 is 9.64 Å². The number of halogens is 10. The maximum atomic E-state index is 13.9. The van der Waals surface area contributed by atoms with Crippen molar-refractivity contribution >= 4 is 5.69 Å². The molecule has 1 aliphatic rings. The Kier molecular flexibility index (Phi) is 9.55. The minimum absolute atomic E-state index is 0.00728. The van der Waals surface area contributed by atoms with E-state index in [-0.39, 0.29) is 49.3 Å². The zero-order valence-corrected chi connectivity index (χ0v) is 21.1. The number of alkyl halides is 10. The van der Waals surface area contributed by atoms with Crippen LogP contribution in [0.25, 0.3) is 0 Å². The lowest BCUT2D eigenvalue weighted by molar-refractivity contribution is -0.322. The van der Waals surface area contributed by atoms with Crippen LogP contribution in [0.2, 0.25) is 0 Å². The van der Waals surface area contributed by atoms with Crippen LogP contribution in [0.1, 0.15) is 43.7 Å². The molecule has 2 aromatic rings. The summed E-state index contributed by atoms with van der Waals surface area (Å²) in [5.74, 6) is -0.755. The third kappa shape index (κ3) is 7.93. The molecule has 0 bridgehead atoms. The molecular formula is C26H27F10NO3. The quantitative estimate of drug-likeness (QED) is 0.226. The van der Waals surface area contributed by atoms with E-state index in [0.717, 1.165) is 18.2 Å². The highest BCUT2D eigenvalue weighted by atomic mass is 19.4. The molecule has 0 spiro atoms. The molecular weight excluding hydrogens is 564 g/mol. The molecule has 4 nitrogen and oxygen atoms in total. The molecule has 1 saturated carbocycles. The predicted molar refractivity (Wildman–Crippen MR) is 124 cm³/mol. The van der Waals surface area contributed by atoms with Gasteiger partial charge in [0.15, 0.2) is 0 Å². The van der Waals surface area contributed by atoms with Crippen molar-refractivity contribution in [3.8, 4) is 5.75 Å². The second-order valence-corrected chi connectivity index (χ2v) is 9.75. The van der Waals surface area contributed by atoms with E-state index < -0.39 is 54.7 Å². The summed E-state index contributed by atoms with van der Waals surface area (Å²) in [5.41, 5.74) is -4.37. The Morgan fingerprint density at radius 2 is 1.62 bits per heavy atom. The third-order valence-corrected chi connectivity index (χ3v) is 6.61. The molecule has 0 heterocycles. The van der Waals surface area contributed by atoms with Gasteiger partial charge >= 0.3 is 24.9 Å². The van der Waals surface area contributed by atoms with Gasteiger partial charge in [-0.25, -0.2) is 8.78 Å². The normalized spacial score (nSPS) is 20.3. The van der Waals surface area contributed by atoms with E-state index in [0.29, 0.717) is 11.8 Å². The number of hydrogen-bond donors (Lipinski definition) is 1. The van der Waals surface area contributed by atoms with E-state index >= 15 is 0 Å². The summed E-state index contributed by atoms with van der Waals surface area (Å²) < 4.78 is 142. The number of hydrogen-bond acceptors (Lipinski definition) is 4. The van der Waals surface area contributed by atoms with Crippen LogP contribution in [0.15, 0.2) is 48.5 Å². The Labute approximate surface area is 223 Å². The molecule has 0 aromatic heterocycles. The molecule has 3 rings (SSSR count). The van der Waals surface area contributed by atoms with Crippen molar-refractivity contribution in [2.24, 2.45) is 5.92 Å². The highest BCUT2D eigenvalue weighted by molar-refractivity contribution is 5.53. The summed E-state index contributed by atoms with van der Waals surface area (Å²) in [6, 6.07) is 9.34. The maximum absolute atomic E-state index is 13.9. The first-order valence-electron chi connectivity index (χ1n) is 12.2. The van der Waals surface area contributed by atoms with Gasteiger partial charge in [-0.1, -0.05) is 24.6 Å². The van der Waals surface area contributed by atoms with Gasteiger partial charge in [0.25, 0.3) is 0 Å². The van der Waals surface area contributed by atoms with Gasteiger partial charge in [-0.15, -0.1) is 0 Å². The van der Waals surface area contributed by atoms with Crippen molar-refractivity contribution in [2.45, 2.75) is 75.9 Å². The van der Waals surface area contributed by atoms with E-state index in [2.05, 4.69) is 4.74 Å². The largest absolute Gasteiger partial charge is 0.489 e. The molecule has 1 aliphatic carbocycles. The van der Waals surface area contributed by atoms with Crippen molar-refractivity contribution in [3.05, 3.63) is 59.7 Å². The number of rotatable bonds is 10. The summed E-state index contributed by atoms with van der Waals surface area (Å²) in [5, 5.41) is 10.5. The molecule has 1 fully saturated rings. The van der Waals surface area contributed by atoms with Crippen LogP contribution in [0.5, 0.6) is 5.75 Å². The minimum atomic E-state index is -5.17. The Morgan fingerprint density at radius 3 is 2.25 bits per heavy atom. The zero-order chi connectivity index (χ0) is 29.9. The summed E-state index contributed by atoms with van der Waals surface area (Å²) in [6.07, 6.45) is -19.6. The van der Waals surface area contributed by atoms with Gasteiger partial charge in [0.1, 0.15) is 12.4 Å². The molecule has 1 N–H and O–H groups in total. The number of aliphatic hydroxyl groups is 1. The first-order chi connectivity index (χ1) is 18.4. The second-order valence-electron chi connectivity index (χ2n) is 9.75. The Bertz CT molecular complexity index is 1120. The summed E-state index contributed by atoms with van der Waals surface area (Å²) >= 11 is 0. The van der Waals surface area contributed by atoms with Gasteiger partial charge in [-0.2, -0.15) is 35.1 Å². The van der Waals surface area contributed by atoms with Crippen molar-refractivity contribution in [1.29, 1.82) is 0 Å². The van der Waals surface area contributed by atoms with Crippen LogP contribution >= 0.6 is 0 Å². The van der Waals surface area contributed by atoms with Crippen molar-refractivity contribution in [3.63, 3.8) is 0 Å². The van der Waals surface area contributed by atoms with Crippen molar-refractivity contribution in [1.82, 2.24) is 0 Å². The smallest absolute Gasteiger partial charge is 0.436 e. The third-order valence-electron chi connectivity index (χ3n) is 6.61. The van der Waals surface area contributed by atoms with Crippen LogP contribution in [0.3, 0.4) is 0 Å². The number of benzene rings is 2. The molecule has 0 radical (unpaired) electrons. The fraction of sp³-hybridized carbons (Fsp3) is 0.538. The van der Waals surface area contributed by atoms with Gasteiger partial charge in [0.05, 0.1) is 11.7 Å². The molecule has 3 atom stereocenters.